The minimum atomic E-state index is -4.30. The maximum atomic E-state index is 12.7. The first-order valence-corrected chi connectivity index (χ1v) is 25.3. The molecule has 0 spiro atoms. The standard InChI is InChI=1S/C51H90NO7P/c1-6-8-10-12-14-16-18-20-22-23-24-25-26-27-28-29-30-32-34-36-38-40-42-44-51(53)59-50(49-58-60(54,55)57-47-45-52(3,4)5)48-56-46-43-41-39-37-35-33-31-21-19-17-15-13-11-9-7-2/h8,10,14,16,20,22,24-25,27-28,30,32,36,38,50H,6-7,9,11-13,15,17-19,21,23,26,29,31,33-35,37,39-49H2,1-5H3/p+1/b10-8-,16-14-,22-20-,25-24-,28-27-,32-30-,38-36-. The van der Waals surface area contributed by atoms with Crippen molar-refractivity contribution in [1.82, 2.24) is 0 Å². The SMILES string of the molecule is CC/C=C\C/C=C\C/C=C\C/C=C\C/C=C\C/C=C\C/C=C\CCCC(=O)OC(COCCCCCCCCCCCCCCCCC)COP(=O)(O)OCC[N+](C)(C)C. The fourth-order valence-electron chi connectivity index (χ4n) is 6.07. The van der Waals surface area contributed by atoms with Crippen LogP contribution in [0.15, 0.2) is 85.1 Å². The van der Waals surface area contributed by atoms with E-state index < -0.39 is 13.9 Å². The predicted molar refractivity (Wildman–Crippen MR) is 256 cm³/mol. The van der Waals surface area contributed by atoms with E-state index >= 15 is 0 Å². The van der Waals surface area contributed by atoms with E-state index in [9.17, 15) is 14.3 Å². The topological polar surface area (TPSA) is 91.3 Å². The first kappa shape index (κ1) is 57.7. The number of likely N-dealkylation sites (N-methyl/N-ethyl adjacent to an activating group) is 1. The predicted octanol–water partition coefficient (Wildman–Crippen LogP) is 14.4. The highest BCUT2D eigenvalue weighted by Crippen LogP contribution is 2.43. The highest BCUT2D eigenvalue weighted by atomic mass is 31.2. The highest BCUT2D eigenvalue weighted by molar-refractivity contribution is 7.47. The summed E-state index contributed by atoms with van der Waals surface area (Å²) in [5.74, 6) is -0.372. The minimum Gasteiger partial charge on any atom is -0.457 e. The molecule has 1 N–H and O–H groups in total. The van der Waals surface area contributed by atoms with Crippen LogP contribution in [0.4, 0.5) is 0 Å². The van der Waals surface area contributed by atoms with Gasteiger partial charge in [0.25, 0.3) is 0 Å². The van der Waals surface area contributed by atoms with Crippen LogP contribution in [-0.4, -0.2) is 75.6 Å². The molecule has 0 aliphatic carbocycles. The van der Waals surface area contributed by atoms with E-state index in [1.54, 1.807) is 0 Å². The summed E-state index contributed by atoms with van der Waals surface area (Å²) in [5.41, 5.74) is 0. The Morgan fingerprint density at radius 3 is 1.38 bits per heavy atom. The third-order valence-electron chi connectivity index (χ3n) is 9.72. The quantitative estimate of drug-likeness (QED) is 0.0215. The van der Waals surface area contributed by atoms with Crippen LogP contribution < -0.4 is 0 Å². The Balaban J connectivity index is 4.32. The number of hydrogen-bond donors (Lipinski definition) is 1. The van der Waals surface area contributed by atoms with Crippen LogP contribution >= 0.6 is 7.82 Å². The normalized spacial score (nSPS) is 14.4. The second-order valence-electron chi connectivity index (χ2n) is 16.8. The Morgan fingerprint density at radius 1 is 0.533 bits per heavy atom. The van der Waals surface area contributed by atoms with Crippen LogP contribution in [0.3, 0.4) is 0 Å². The maximum Gasteiger partial charge on any atom is 0.472 e. The van der Waals surface area contributed by atoms with Crippen molar-refractivity contribution in [2.24, 2.45) is 0 Å². The number of carbonyl (C=O) groups excluding carboxylic acids is 1. The van der Waals surface area contributed by atoms with Crippen molar-refractivity contribution in [3.05, 3.63) is 85.1 Å². The van der Waals surface area contributed by atoms with Gasteiger partial charge in [0, 0.05) is 13.0 Å². The Morgan fingerprint density at radius 2 is 0.950 bits per heavy atom. The zero-order valence-corrected chi connectivity index (χ0v) is 40.1. The van der Waals surface area contributed by atoms with Gasteiger partial charge in [0.1, 0.15) is 19.3 Å². The number of hydrogen-bond acceptors (Lipinski definition) is 6. The summed E-state index contributed by atoms with van der Waals surface area (Å²) in [5, 5.41) is 0. The van der Waals surface area contributed by atoms with Crippen LogP contribution in [0.1, 0.15) is 174 Å². The zero-order chi connectivity index (χ0) is 44.1. The van der Waals surface area contributed by atoms with E-state index in [1.165, 1.54) is 83.5 Å². The summed E-state index contributed by atoms with van der Waals surface area (Å²) in [6.45, 7) is 5.43. The highest BCUT2D eigenvalue weighted by Gasteiger charge is 2.26. The van der Waals surface area contributed by atoms with Gasteiger partial charge in [0.15, 0.2) is 0 Å². The number of rotatable bonds is 43. The van der Waals surface area contributed by atoms with Gasteiger partial charge in [-0.15, -0.1) is 0 Å². The van der Waals surface area contributed by atoms with Gasteiger partial charge in [-0.1, -0.05) is 189 Å². The molecule has 0 radical (unpaired) electrons. The summed E-state index contributed by atoms with van der Waals surface area (Å²) in [6, 6.07) is 0. The van der Waals surface area contributed by atoms with E-state index in [1.807, 2.05) is 21.1 Å². The van der Waals surface area contributed by atoms with Crippen molar-refractivity contribution in [2.45, 2.75) is 180 Å². The van der Waals surface area contributed by atoms with Gasteiger partial charge < -0.3 is 18.9 Å². The molecule has 346 valence electrons. The Bertz CT molecular complexity index is 1230. The second-order valence-corrected chi connectivity index (χ2v) is 18.2. The molecule has 0 aromatic rings. The number of phosphoric acid groups is 1. The molecule has 9 heteroatoms. The van der Waals surface area contributed by atoms with Crippen LogP contribution in [0.2, 0.25) is 0 Å². The smallest absolute Gasteiger partial charge is 0.457 e. The van der Waals surface area contributed by atoms with Crippen LogP contribution in [0.5, 0.6) is 0 Å². The molecule has 2 atom stereocenters. The monoisotopic (exact) mass is 861 g/mol. The molecule has 60 heavy (non-hydrogen) atoms. The van der Waals surface area contributed by atoms with E-state index in [0.717, 1.165) is 64.2 Å². The molecule has 0 heterocycles. The molecule has 0 rings (SSSR count). The average Bonchev–Trinajstić information content (AvgIpc) is 3.20. The second kappa shape index (κ2) is 43.3. The molecule has 0 fully saturated rings. The number of quaternary nitrogens is 1. The molecule has 0 aliphatic rings. The largest absolute Gasteiger partial charge is 0.472 e. The summed E-state index contributed by atoms with van der Waals surface area (Å²) in [4.78, 5) is 22.9. The number of esters is 1. The summed E-state index contributed by atoms with van der Waals surface area (Å²) >= 11 is 0. The van der Waals surface area contributed by atoms with E-state index in [-0.39, 0.29) is 32.2 Å². The van der Waals surface area contributed by atoms with E-state index in [2.05, 4.69) is 98.9 Å². The van der Waals surface area contributed by atoms with E-state index in [4.69, 9.17) is 18.5 Å². The average molecular weight is 861 g/mol. The number of allylic oxidation sites excluding steroid dienone is 14. The molecule has 0 bridgehead atoms. The van der Waals surface area contributed by atoms with Crippen LogP contribution in [-0.2, 0) is 27.9 Å². The lowest BCUT2D eigenvalue weighted by Crippen LogP contribution is -2.37. The fraction of sp³-hybridized carbons (Fsp3) is 0.706. The summed E-state index contributed by atoms with van der Waals surface area (Å²) in [7, 11) is 1.62. The van der Waals surface area contributed by atoms with Gasteiger partial charge in [-0.25, -0.2) is 4.57 Å². The molecule has 0 aliphatic heterocycles. The zero-order valence-electron chi connectivity index (χ0n) is 39.2. The van der Waals surface area contributed by atoms with Crippen LogP contribution in [0, 0.1) is 0 Å². The molecule has 0 aromatic carbocycles. The number of carbonyl (C=O) groups is 1. The lowest BCUT2D eigenvalue weighted by atomic mass is 10.0. The Hall–Kier alpha value is -2.32. The van der Waals surface area contributed by atoms with Crippen molar-refractivity contribution < 1.29 is 37.3 Å². The molecule has 0 saturated carbocycles. The molecular formula is C51H91NO7P+. The molecule has 8 nitrogen and oxygen atoms in total. The van der Waals surface area contributed by atoms with Gasteiger partial charge in [-0.2, -0.15) is 0 Å². The van der Waals surface area contributed by atoms with Gasteiger partial charge in [0.05, 0.1) is 34.4 Å². The number of ether oxygens (including phenoxy) is 2. The Kier molecular flexibility index (Phi) is 41.7. The van der Waals surface area contributed by atoms with Crippen molar-refractivity contribution in [3.63, 3.8) is 0 Å². The number of phosphoric ester groups is 1. The Labute approximate surface area is 369 Å². The van der Waals surface area contributed by atoms with Crippen molar-refractivity contribution >= 4 is 13.8 Å². The third-order valence-corrected chi connectivity index (χ3v) is 10.7. The lowest BCUT2D eigenvalue weighted by Gasteiger charge is -2.24. The lowest BCUT2D eigenvalue weighted by molar-refractivity contribution is -0.870. The first-order valence-electron chi connectivity index (χ1n) is 23.8. The summed E-state index contributed by atoms with van der Waals surface area (Å²) in [6.07, 6.45) is 57.7. The molecule has 0 aromatic heterocycles. The van der Waals surface area contributed by atoms with Crippen LogP contribution in [0.25, 0.3) is 0 Å². The minimum absolute atomic E-state index is 0.0744. The summed E-state index contributed by atoms with van der Waals surface area (Å²) < 4.78 is 35.0. The number of unbranched alkanes of at least 4 members (excludes halogenated alkanes) is 15. The van der Waals surface area contributed by atoms with E-state index in [0.29, 0.717) is 24.1 Å². The van der Waals surface area contributed by atoms with Crippen molar-refractivity contribution in [1.29, 1.82) is 0 Å². The fourth-order valence-corrected chi connectivity index (χ4v) is 6.81. The van der Waals surface area contributed by atoms with Gasteiger partial charge in [-0.3, -0.25) is 13.8 Å². The molecule has 0 amide bonds. The van der Waals surface area contributed by atoms with Gasteiger partial charge >= 0.3 is 13.8 Å². The molecule has 2 unspecified atom stereocenters. The van der Waals surface area contributed by atoms with Gasteiger partial charge in [0.2, 0.25) is 0 Å². The van der Waals surface area contributed by atoms with Crippen molar-refractivity contribution in [3.8, 4) is 0 Å². The maximum absolute atomic E-state index is 12.7. The molecular weight excluding hydrogens is 770 g/mol. The van der Waals surface area contributed by atoms with Gasteiger partial charge in [-0.05, 0) is 64.2 Å². The van der Waals surface area contributed by atoms with Crippen molar-refractivity contribution in [2.75, 3.05) is 54.1 Å². The number of nitrogens with zero attached hydrogens (tertiary/aromatic N) is 1. The first-order chi connectivity index (χ1) is 29.1. The molecule has 0 saturated heterocycles. The third kappa shape index (κ3) is 46.7.